The highest BCUT2D eigenvalue weighted by molar-refractivity contribution is 9.11. The van der Waals surface area contributed by atoms with Crippen LogP contribution < -0.4 is 4.90 Å². The van der Waals surface area contributed by atoms with Crippen molar-refractivity contribution in [1.29, 1.82) is 0 Å². The van der Waals surface area contributed by atoms with E-state index >= 15 is 0 Å². The van der Waals surface area contributed by atoms with Crippen LogP contribution in [0.4, 0.5) is 5.69 Å². The van der Waals surface area contributed by atoms with Crippen molar-refractivity contribution in [3.05, 3.63) is 66.4 Å². The topological polar surface area (TPSA) is 88.3 Å². The molecule has 0 saturated heterocycles. The molecule has 0 aliphatic rings. The first-order chi connectivity index (χ1) is 13.7. The van der Waals surface area contributed by atoms with Gasteiger partial charge in [0.05, 0.1) is 16.3 Å². The minimum atomic E-state index is -1.16. The average molecular weight is 607 g/mol. The molecular formula is C18H12Br3ClN4O3. The molecule has 29 heavy (non-hydrogen) atoms. The number of amides is 1. The van der Waals surface area contributed by atoms with Gasteiger partial charge in [-0.15, -0.1) is 0 Å². The molecule has 0 unspecified atom stereocenters. The first-order valence-corrected chi connectivity index (χ1v) is 10.9. The number of carbonyl (C=O) groups is 2. The van der Waals surface area contributed by atoms with Gasteiger partial charge >= 0.3 is 5.97 Å². The molecular weight excluding hydrogens is 595 g/mol. The summed E-state index contributed by atoms with van der Waals surface area (Å²) in [5, 5.41) is 14.2. The van der Waals surface area contributed by atoms with Crippen molar-refractivity contribution < 1.29 is 14.7 Å². The van der Waals surface area contributed by atoms with E-state index in [1.807, 2.05) is 0 Å². The van der Waals surface area contributed by atoms with E-state index in [0.29, 0.717) is 18.6 Å². The van der Waals surface area contributed by atoms with Gasteiger partial charge in [0.2, 0.25) is 0 Å². The van der Waals surface area contributed by atoms with Crippen LogP contribution >= 0.6 is 59.4 Å². The number of carboxylic acids is 1. The summed E-state index contributed by atoms with van der Waals surface area (Å²) in [5.41, 5.74) is 0.386. The van der Waals surface area contributed by atoms with Crippen molar-refractivity contribution >= 4 is 77.0 Å². The van der Waals surface area contributed by atoms with E-state index in [0.717, 1.165) is 0 Å². The summed E-state index contributed by atoms with van der Waals surface area (Å²) in [4.78, 5) is 30.8. The molecule has 3 rings (SSSR count). The SMILES string of the molecule is CCN(C(=O)c1cc(Br)nn1-c1ncccc1Cl)c1c(Br)cc(Br)cc1C(=O)O. The highest BCUT2D eigenvalue weighted by atomic mass is 79.9. The zero-order chi connectivity index (χ0) is 21.3. The largest absolute Gasteiger partial charge is 0.478 e. The standard InChI is InChI=1S/C18H12Br3ClN4O3/c1-2-25(15-10(18(28)29)6-9(19)7-11(15)20)17(27)13-8-14(21)24-26(13)16-12(22)4-3-5-23-16/h3-8H,2H2,1H3,(H,28,29). The van der Waals surface area contributed by atoms with Crippen LogP contribution in [0.2, 0.25) is 5.02 Å². The number of hydrogen-bond acceptors (Lipinski definition) is 4. The molecule has 3 aromatic rings. The molecule has 7 nitrogen and oxygen atoms in total. The lowest BCUT2D eigenvalue weighted by molar-refractivity contribution is 0.0697. The Morgan fingerprint density at radius 2 is 1.97 bits per heavy atom. The van der Waals surface area contributed by atoms with Gasteiger partial charge < -0.3 is 10.0 Å². The van der Waals surface area contributed by atoms with Crippen molar-refractivity contribution in [2.24, 2.45) is 0 Å². The summed E-state index contributed by atoms with van der Waals surface area (Å²) in [5.74, 6) is -1.33. The molecule has 0 aliphatic carbocycles. The maximum absolute atomic E-state index is 13.5. The van der Waals surface area contributed by atoms with Gasteiger partial charge in [-0.25, -0.2) is 14.5 Å². The number of hydrogen-bond donors (Lipinski definition) is 1. The Kier molecular flexibility index (Phi) is 6.77. The zero-order valence-corrected chi connectivity index (χ0v) is 20.2. The molecule has 2 aromatic heterocycles. The van der Waals surface area contributed by atoms with Gasteiger partial charge in [0.1, 0.15) is 10.3 Å². The molecule has 0 fully saturated rings. The van der Waals surface area contributed by atoms with Crippen LogP contribution in [-0.2, 0) is 0 Å². The maximum Gasteiger partial charge on any atom is 0.337 e. The summed E-state index contributed by atoms with van der Waals surface area (Å²) in [6, 6.07) is 7.96. The summed E-state index contributed by atoms with van der Waals surface area (Å²) >= 11 is 16.2. The number of nitrogens with zero attached hydrogens (tertiary/aromatic N) is 4. The Bertz CT molecular complexity index is 1120. The van der Waals surface area contributed by atoms with Gasteiger partial charge in [0, 0.05) is 27.8 Å². The Labute approximate surface area is 196 Å². The van der Waals surface area contributed by atoms with E-state index in [9.17, 15) is 14.7 Å². The Hall–Kier alpha value is -1.75. The van der Waals surface area contributed by atoms with Crippen LogP contribution in [0.15, 0.2) is 50.1 Å². The lowest BCUT2D eigenvalue weighted by Crippen LogP contribution is -2.34. The van der Waals surface area contributed by atoms with Crippen molar-refractivity contribution in [2.75, 3.05) is 11.4 Å². The van der Waals surface area contributed by atoms with Crippen molar-refractivity contribution in [3.8, 4) is 5.82 Å². The fourth-order valence-electron chi connectivity index (χ4n) is 2.74. The molecule has 0 aliphatic heterocycles. The number of carbonyl (C=O) groups excluding carboxylic acids is 1. The van der Waals surface area contributed by atoms with E-state index in [1.54, 1.807) is 25.1 Å². The summed E-state index contributed by atoms with van der Waals surface area (Å²) in [6.45, 7) is 1.97. The van der Waals surface area contributed by atoms with Gasteiger partial charge in [-0.3, -0.25) is 4.79 Å². The lowest BCUT2D eigenvalue weighted by Gasteiger charge is -2.24. The monoisotopic (exact) mass is 604 g/mol. The Morgan fingerprint density at radius 3 is 2.59 bits per heavy atom. The van der Waals surface area contributed by atoms with Crippen LogP contribution in [0.5, 0.6) is 0 Å². The molecule has 0 bridgehead atoms. The molecule has 0 radical (unpaired) electrons. The first-order valence-electron chi connectivity index (χ1n) is 8.15. The van der Waals surface area contributed by atoms with Gasteiger partial charge in [0.25, 0.3) is 5.91 Å². The Balaban J connectivity index is 2.17. The normalized spacial score (nSPS) is 10.8. The number of aromatic nitrogens is 3. The van der Waals surface area contributed by atoms with E-state index in [2.05, 4.69) is 57.9 Å². The molecule has 11 heteroatoms. The summed E-state index contributed by atoms with van der Waals surface area (Å²) in [6.07, 6.45) is 1.54. The van der Waals surface area contributed by atoms with E-state index < -0.39 is 11.9 Å². The highest BCUT2D eigenvalue weighted by Gasteiger charge is 2.28. The molecule has 1 amide bonds. The number of aromatic carboxylic acids is 1. The van der Waals surface area contributed by atoms with Gasteiger partial charge in [-0.2, -0.15) is 5.10 Å². The highest BCUT2D eigenvalue weighted by Crippen LogP contribution is 2.35. The van der Waals surface area contributed by atoms with E-state index in [4.69, 9.17) is 11.6 Å². The minimum Gasteiger partial charge on any atom is -0.478 e. The van der Waals surface area contributed by atoms with Crippen LogP contribution in [0, 0.1) is 0 Å². The predicted molar refractivity (Wildman–Crippen MR) is 120 cm³/mol. The lowest BCUT2D eigenvalue weighted by atomic mass is 10.1. The number of pyridine rings is 1. The average Bonchev–Trinajstić information content (AvgIpc) is 3.05. The van der Waals surface area contributed by atoms with Crippen LogP contribution in [0.3, 0.4) is 0 Å². The summed E-state index contributed by atoms with van der Waals surface area (Å²) < 4.78 is 2.76. The van der Waals surface area contributed by atoms with Crippen molar-refractivity contribution in [3.63, 3.8) is 0 Å². The van der Waals surface area contributed by atoms with Gasteiger partial charge in [-0.05, 0) is 63.0 Å². The molecule has 0 atom stereocenters. The molecule has 150 valence electrons. The first kappa shape index (κ1) is 21.9. The van der Waals surface area contributed by atoms with Crippen molar-refractivity contribution in [2.45, 2.75) is 6.92 Å². The smallest absolute Gasteiger partial charge is 0.337 e. The van der Waals surface area contributed by atoms with E-state index in [-0.39, 0.29) is 29.3 Å². The Morgan fingerprint density at radius 1 is 1.24 bits per heavy atom. The summed E-state index contributed by atoms with van der Waals surface area (Å²) in [7, 11) is 0. The number of rotatable bonds is 5. The number of benzene rings is 1. The van der Waals surface area contributed by atoms with Gasteiger partial charge in [-0.1, -0.05) is 27.5 Å². The third-order valence-electron chi connectivity index (χ3n) is 3.93. The van der Waals surface area contributed by atoms with Crippen molar-refractivity contribution in [1.82, 2.24) is 14.8 Å². The third-order valence-corrected chi connectivity index (χ3v) is 5.67. The third kappa shape index (κ3) is 4.40. The molecule has 2 heterocycles. The number of halogens is 4. The number of anilines is 1. The number of carboxylic acid groups (broad SMARTS) is 1. The quantitative estimate of drug-likeness (QED) is 0.410. The second-order valence-electron chi connectivity index (χ2n) is 5.71. The molecule has 1 aromatic carbocycles. The fourth-order valence-corrected chi connectivity index (χ4v) is 4.76. The maximum atomic E-state index is 13.5. The zero-order valence-electron chi connectivity index (χ0n) is 14.7. The second-order valence-corrected chi connectivity index (χ2v) is 8.70. The predicted octanol–water partition coefficient (Wildman–Crippen LogP) is 5.57. The molecule has 0 saturated carbocycles. The molecule has 1 N–H and O–H groups in total. The second kappa shape index (κ2) is 8.95. The van der Waals surface area contributed by atoms with Crippen LogP contribution in [0.25, 0.3) is 5.82 Å². The minimum absolute atomic E-state index is 0.0255. The van der Waals surface area contributed by atoms with Crippen LogP contribution in [0.1, 0.15) is 27.8 Å². The molecule has 0 spiro atoms. The van der Waals surface area contributed by atoms with E-state index in [1.165, 1.54) is 27.9 Å². The fraction of sp³-hybridized carbons (Fsp3) is 0.111. The van der Waals surface area contributed by atoms with Crippen LogP contribution in [-0.4, -0.2) is 38.3 Å². The van der Waals surface area contributed by atoms with Gasteiger partial charge in [0.15, 0.2) is 5.82 Å².